The van der Waals surface area contributed by atoms with Gasteiger partial charge in [-0.1, -0.05) is 176 Å². The summed E-state index contributed by atoms with van der Waals surface area (Å²) >= 11 is 5.55. The normalized spacial score (nSPS) is 12.6. The molecular formula is C67H49BN4S. The van der Waals surface area contributed by atoms with Gasteiger partial charge in [0.25, 0.3) is 6.71 Å². The molecule has 0 spiro atoms. The number of hydrogen-bond acceptors (Lipinski definition) is 5. The quantitative estimate of drug-likeness (QED) is 0.0788. The van der Waals surface area contributed by atoms with Crippen molar-refractivity contribution in [3.8, 4) is 0 Å². The Balaban J connectivity index is 1.05. The van der Waals surface area contributed by atoms with Crippen LogP contribution in [0.2, 0.25) is 0 Å². The van der Waals surface area contributed by atoms with Gasteiger partial charge in [-0.25, -0.2) is 0 Å². The fraction of sp³-hybridized carbons (Fsp3) is 0.0149. The van der Waals surface area contributed by atoms with Crippen LogP contribution in [0.15, 0.2) is 290 Å². The van der Waals surface area contributed by atoms with Gasteiger partial charge in [0.2, 0.25) is 0 Å². The molecule has 0 radical (unpaired) electrons. The van der Waals surface area contributed by atoms with Gasteiger partial charge < -0.3 is 19.6 Å². The molecule has 1 unspecified atom stereocenters. The van der Waals surface area contributed by atoms with E-state index in [4.69, 9.17) is 12.6 Å². The summed E-state index contributed by atoms with van der Waals surface area (Å²) in [5, 5.41) is 0. The molecule has 0 bridgehead atoms. The predicted molar refractivity (Wildman–Crippen MR) is 311 cm³/mol. The van der Waals surface area contributed by atoms with Crippen LogP contribution in [0.3, 0.4) is 0 Å². The molecule has 0 fully saturated rings. The van der Waals surface area contributed by atoms with Gasteiger partial charge >= 0.3 is 0 Å². The maximum absolute atomic E-state index is 5.55. The van der Waals surface area contributed by atoms with Gasteiger partial charge in [-0.2, -0.15) is 0 Å². The van der Waals surface area contributed by atoms with E-state index in [2.05, 4.69) is 305 Å². The molecule has 2 heterocycles. The average molecular weight is 953 g/mol. The summed E-state index contributed by atoms with van der Waals surface area (Å²) in [6.07, 6.45) is 0. The second-order valence-electron chi connectivity index (χ2n) is 18.6. The molecule has 346 valence electrons. The summed E-state index contributed by atoms with van der Waals surface area (Å²) in [6, 6.07) is 103. The predicted octanol–water partition coefficient (Wildman–Crippen LogP) is 16.2. The third-order valence-corrected chi connectivity index (χ3v) is 14.8. The summed E-state index contributed by atoms with van der Waals surface area (Å²) in [5.41, 5.74) is 20.5. The monoisotopic (exact) mass is 952 g/mol. The van der Waals surface area contributed by atoms with Crippen LogP contribution in [0.25, 0.3) is 0 Å². The zero-order valence-electron chi connectivity index (χ0n) is 40.0. The number of thiol groups is 1. The number of rotatable bonds is 11. The largest absolute Gasteiger partial charge is 0.311 e. The summed E-state index contributed by atoms with van der Waals surface area (Å²) in [6.45, 7) is -0.108. The second kappa shape index (κ2) is 19.0. The Kier molecular flexibility index (Phi) is 11.4. The van der Waals surface area contributed by atoms with E-state index in [0.29, 0.717) is 0 Å². The van der Waals surface area contributed by atoms with Crippen LogP contribution in [0, 0.1) is 0 Å². The minimum atomic E-state index is -0.117. The van der Waals surface area contributed by atoms with E-state index in [1.54, 1.807) is 0 Å². The van der Waals surface area contributed by atoms with Gasteiger partial charge in [0.05, 0.1) is 5.69 Å². The topological polar surface area (TPSA) is 13.0 Å². The molecule has 0 N–H and O–H groups in total. The van der Waals surface area contributed by atoms with Crippen molar-refractivity contribution in [2.75, 3.05) is 19.6 Å². The van der Waals surface area contributed by atoms with Crippen molar-refractivity contribution in [2.45, 2.75) is 10.8 Å². The van der Waals surface area contributed by atoms with E-state index in [1.807, 2.05) is 0 Å². The molecule has 11 aromatic carbocycles. The minimum Gasteiger partial charge on any atom is -0.311 e. The highest BCUT2D eigenvalue weighted by Crippen LogP contribution is 2.49. The first kappa shape index (κ1) is 44.0. The fourth-order valence-electron chi connectivity index (χ4n) is 11.3. The smallest absolute Gasteiger partial charge is 0.252 e. The van der Waals surface area contributed by atoms with Crippen molar-refractivity contribution >= 4 is 104 Å². The van der Waals surface area contributed by atoms with E-state index in [0.717, 1.165) is 78.7 Å². The number of hydrogen-bond donors (Lipinski definition) is 1. The Morgan fingerprint density at radius 3 is 1.19 bits per heavy atom. The Labute approximate surface area is 433 Å². The van der Waals surface area contributed by atoms with Gasteiger partial charge in [-0.15, -0.1) is 12.6 Å². The van der Waals surface area contributed by atoms with Gasteiger partial charge in [0, 0.05) is 73.4 Å². The molecule has 11 aromatic rings. The minimum absolute atomic E-state index is 0.108. The standard InChI is InChI=1S/C67H49BN4S/c73-65-47-62-60(46-58(65)66(48-24-8-1-9-25-48)49-40-42-56(43-41-49)69(50-26-10-2-11-27-50)51-28-12-3-13-29-51)68-59-38-22-23-39-61(59)71(54-34-18-6-19-35-54)63-44-57(45-64(67(63)68)72(62)55-36-20-7-21-37-55)70(52-30-14-4-15-31-52)53-32-16-5-17-33-53/h1-47,66,73H. The van der Waals surface area contributed by atoms with Crippen LogP contribution in [-0.4, -0.2) is 6.71 Å². The Hall–Kier alpha value is -8.97. The van der Waals surface area contributed by atoms with E-state index in [9.17, 15) is 0 Å². The van der Waals surface area contributed by atoms with E-state index >= 15 is 0 Å². The molecule has 2 aliphatic rings. The lowest BCUT2D eigenvalue weighted by Crippen LogP contribution is -2.61. The lowest BCUT2D eigenvalue weighted by Gasteiger charge is -2.45. The van der Waals surface area contributed by atoms with Crippen molar-refractivity contribution in [2.24, 2.45) is 0 Å². The van der Waals surface area contributed by atoms with Crippen LogP contribution in [0.5, 0.6) is 0 Å². The zero-order valence-corrected chi connectivity index (χ0v) is 40.9. The number of para-hydroxylation sites is 7. The van der Waals surface area contributed by atoms with E-state index in [-0.39, 0.29) is 12.6 Å². The molecular weight excluding hydrogens is 904 g/mol. The Morgan fingerprint density at radius 1 is 0.315 bits per heavy atom. The highest BCUT2D eigenvalue weighted by Gasteiger charge is 2.44. The lowest BCUT2D eigenvalue weighted by molar-refractivity contribution is 0.947. The first-order chi connectivity index (χ1) is 36.2. The Bertz CT molecular complexity index is 3620. The van der Waals surface area contributed by atoms with Crippen molar-refractivity contribution in [3.63, 3.8) is 0 Å². The van der Waals surface area contributed by atoms with Gasteiger partial charge in [0.1, 0.15) is 0 Å². The van der Waals surface area contributed by atoms with Gasteiger partial charge in [-0.3, -0.25) is 0 Å². The van der Waals surface area contributed by atoms with Crippen LogP contribution < -0.4 is 36.0 Å². The number of anilines is 12. The van der Waals surface area contributed by atoms with Gasteiger partial charge in [-0.05, 0) is 142 Å². The lowest BCUT2D eigenvalue weighted by atomic mass is 9.33. The van der Waals surface area contributed by atoms with Crippen molar-refractivity contribution in [3.05, 3.63) is 302 Å². The highest BCUT2D eigenvalue weighted by molar-refractivity contribution is 7.80. The first-order valence-electron chi connectivity index (χ1n) is 25.0. The molecule has 4 nitrogen and oxygen atoms in total. The maximum Gasteiger partial charge on any atom is 0.252 e. The zero-order chi connectivity index (χ0) is 48.7. The second-order valence-corrected chi connectivity index (χ2v) is 19.1. The highest BCUT2D eigenvalue weighted by atomic mass is 32.1. The third-order valence-electron chi connectivity index (χ3n) is 14.4. The van der Waals surface area contributed by atoms with Crippen LogP contribution in [0.1, 0.15) is 22.6 Å². The summed E-state index contributed by atoms with van der Waals surface area (Å²) in [4.78, 5) is 10.6. The summed E-state index contributed by atoms with van der Waals surface area (Å²) in [7, 11) is 0. The summed E-state index contributed by atoms with van der Waals surface area (Å²) < 4.78 is 0. The van der Waals surface area contributed by atoms with Crippen LogP contribution in [0.4, 0.5) is 68.2 Å². The first-order valence-corrected chi connectivity index (χ1v) is 25.4. The molecule has 0 saturated carbocycles. The SMILES string of the molecule is Sc1cc2c(cc1C(c1ccccc1)c1ccc(N(c3ccccc3)c3ccccc3)cc1)B1c3ccccc3N(c3ccccc3)c3cc(N(c4ccccc4)c4ccccc4)cc(c31)N2c1ccccc1. The molecule has 0 saturated heterocycles. The number of benzene rings is 11. The van der Waals surface area contributed by atoms with Gasteiger partial charge in [0.15, 0.2) is 0 Å². The molecule has 6 heteroatoms. The van der Waals surface area contributed by atoms with Crippen molar-refractivity contribution in [1.29, 1.82) is 0 Å². The number of fused-ring (bicyclic) bond motifs is 4. The molecule has 0 amide bonds. The van der Waals surface area contributed by atoms with Crippen molar-refractivity contribution in [1.82, 2.24) is 0 Å². The maximum atomic E-state index is 5.55. The molecule has 0 aliphatic carbocycles. The average Bonchev–Trinajstić information content (AvgIpc) is 3.46. The Morgan fingerprint density at radius 2 is 0.699 bits per heavy atom. The third kappa shape index (κ3) is 7.93. The van der Waals surface area contributed by atoms with E-state index < -0.39 is 0 Å². The van der Waals surface area contributed by atoms with Crippen molar-refractivity contribution < 1.29 is 0 Å². The van der Waals surface area contributed by atoms with Crippen LogP contribution in [-0.2, 0) is 0 Å². The summed E-state index contributed by atoms with van der Waals surface area (Å²) in [5.74, 6) is -0.117. The molecule has 13 rings (SSSR count). The fourth-order valence-corrected chi connectivity index (χ4v) is 11.6. The molecule has 1 atom stereocenters. The molecule has 2 aliphatic heterocycles. The molecule has 0 aromatic heterocycles. The van der Waals surface area contributed by atoms with E-state index in [1.165, 1.54) is 27.5 Å². The molecule has 73 heavy (non-hydrogen) atoms. The van der Waals surface area contributed by atoms with Crippen LogP contribution >= 0.6 is 12.6 Å². The number of nitrogens with zero attached hydrogens (tertiary/aromatic N) is 4.